The van der Waals surface area contributed by atoms with Crippen molar-refractivity contribution >= 4 is 76.2 Å². The van der Waals surface area contributed by atoms with Crippen molar-refractivity contribution in [2.45, 2.75) is 141 Å². The van der Waals surface area contributed by atoms with Crippen LogP contribution in [0.1, 0.15) is 176 Å². The molecule has 4 fully saturated rings. The third-order valence-corrected chi connectivity index (χ3v) is 17.4. The van der Waals surface area contributed by atoms with Crippen LogP contribution in [0.15, 0.2) is 152 Å². The van der Waals surface area contributed by atoms with Crippen LogP contribution in [0.3, 0.4) is 0 Å². The summed E-state index contributed by atoms with van der Waals surface area (Å²) in [5.41, 5.74) is 22.8. The number of amides is 10. The highest BCUT2D eigenvalue weighted by Crippen LogP contribution is 2.35. The number of nitrogens with one attached hydrogen (secondary N) is 4. The summed E-state index contributed by atoms with van der Waals surface area (Å²) in [4.78, 5) is 140. The SMILES string of the molecule is C.C=C1CCC(N2C(=O)c3cccc(N)c3C2=O)C(=O)N1.C=C1CCC(N2C(=O)c3ccccc3C2=O)C(=O)N1.C=C1CCC(N2Cc3c(N)cccc3C2=O)C(=O)N1.C=C1CCC(N2Cc3cc(CCC(=O)Cc4ccc(C(C)(C)C)cc4)ccc3C2=O)C(=O)N1. The van der Waals surface area contributed by atoms with Crippen LogP contribution in [0.5, 0.6) is 0 Å². The molecule has 476 valence electrons. The Morgan fingerprint density at radius 1 is 0.478 bits per heavy atom. The van der Waals surface area contributed by atoms with Crippen LogP contribution in [0, 0.1) is 0 Å². The molecule has 8 aliphatic heterocycles. The maximum atomic E-state index is 12.9. The van der Waals surface area contributed by atoms with E-state index in [1.54, 1.807) is 70.5 Å². The maximum absolute atomic E-state index is 12.9. The second-order valence-corrected chi connectivity index (χ2v) is 24.8. The van der Waals surface area contributed by atoms with Gasteiger partial charge in [0.25, 0.3) is 35.4 Å². The van der Waals surface area contributed by atoms with Crippen molar-refractivity contribution in [3.05, 3.63) is 213 Å². The van der Waals surface area contributed by atoms with Crippen LogP contribution >= 0.6 is 0 Å². The summed E-state index contributed by atoms with van der Waals surface area (Å²) in [5.74, 6) is -2.81. The Hall–Kier alpha value is -10.6. The number of nitrogens with zero attached hydrogens (tertiary/aromatic N) is 4. The summed E-state index contributed by atoms with van der Waals surface area (Å²) in [7, 11) is 0. The zero-order valence-corrected chi connectivity index (χ0v) is 51.1. The lowest BCUT2D eigenvalue weighted by atomic mass is 9.86. The molecule has 4 atom stereocenters. The molecule has 5 aromatic carbocycles. The van der Waals surface area contributed by atoms with Crippen molar-refractivity contribution in [2.24, 2.45) is 0 Å². The minimum atomic E-state index is -0.799. The van der Waals surface area contributed by atoms with Crippen molar-refractivity contribution in [1.82, 2.24) is 40.9 Å². The standard InChI is InChI=1S/C28H32N2O3.C14H13N3O3.C14H15N3O2.C14H12N2O3.CH4/c1-18-5-14-25(26(32)29-18)30-17-21-15-19(9-13-24(21)27(30)33)8-12-23(31)16-20-6-10-22(11-7-20)28(2,3)4;1-7-5-6-10(12(18)16-7)17-13(19)8-3-2-4-9(15)11(8)14(17)20;1-8-5-6-12(13(18)16-8)17-7-10-9(14(17)19)3-2-4-11(10)15;1-8-6-7-11(12(17)15-8)16-13(18)9-4-2-3-5-10(9)14(16)19;/h6-7,9-11,13,15,25H,1,5,8,12,14,16-17H2,2-4H3,(H,29,32);2-4,10H,1,5-6,15H2,(H,16,18);2-4,12H,1,5-7,15H2,(H,16,18);2-5,11H,1,6-7H2,(H,15,17);1H4. The molecule has 0 aromatic heterocycles. The third-order valence-electron chi connectivity index (χ3n) is 17.4. The Labute approximate surface area is 534 Å². The highest BCUT2D eigenvalue weighted by molar-refractivity contribution is 6.25. The van der Waals surface area contributed by atoms with Gasteiger partial charge in [-0.25, -0.2) is 0 Å². The molecule has 4 unspecified atom stereocenters. The van der Waals surface area contributed by atoms with Crippen LogP contribution in [0.2, 0.25) is 0 Å². The number of allylic oxidation sites excluding steroid dienone is 4. The number of hydrogen-bond acceptors (Lipinski definition) is 13. The van der Waals surface area contributed by atoms with Crippen molar-refractivity contribution in [3.63, 3.8) is 0 Å². The van der Waals surface area contributed by atoms with E-state index < -0.39 is 47.8 Å². The van der Waals surface area contributed by atoms with Crippen LogP contribution in [-0.2, 0) is 55.3 Å². The first-order valence-corrected chi connectivity index (χ1v) is 30.2. The van der Waals surface area contributed by atoms with E-state index in [-0.39, 0.29) is 70.9 Å². The fourth-order valence-electron chi connectivity index (χ4n) is 12.4. The number of piperidine rings is 4. The number of imide groups is 2. The number of nitrogen functional groups attached to an aromatic ring is 2. The molecular formula is C71H76N10O11. The van der Waals surface area contributed by atoms with Gasteiger partial charge in [-0.05, 0) is 128 Å². The first-order valence-electron chi connectivity index (χ1n) is 30.2. The van der Waals surface area contributed by atoms with E-state index in [2.05, 4.69) is 80.5 Å². The molecule has 92 heavy (non-hydrogen) atoms. The predicted octanol–water partition coefficient (Wildman–Crippen LogP) is 7.86. The lowest BCUT2D eigenvalue weighted by molar-refractivity contribution is -0.127. The van der Waals surface area contributed by atoms with E-state index in [4.69, 9.17) is 11.5 Å². The van der Waals surface area contributed by atoms with Gasteiger partial charge in [0, 0.05) is 76.8 Å². The number of rotatable bonds is 9. The van der Waals surface area contributed by atoms with Crippen molar-refractivity contribution in [2.75, 3.05) is 11.5 Å². The van der Waals surface area contributed by atoms with Crippen LogP contribution < -0.4 is 32.7 Å². The van der Waals surface area contributed by atoms with Gasteiger partial charge in [-0.3, -0.25) is 62.5 Å². The lowest BCUT2D eigenvalue weighted by Crippen LogP contribution is -2.51. The second-order valence-electron chi connectivity index (χ2n) is 24.8. The Bertz CT molecular complexity index is 3960. The Balaban J connectivity index is 0.000000149. The number of carbonyl (C=O) groups is 11. The maximum Gasteiger partial charge on any atom is 0.264 e. The minimum Gasteiger partial charge on any atom is -0.398 e. The second kappa shape index (κ2) is 26.9. The number of hydrogen-bond donors (Lipinski definition) is 6. The molecule has 0 bridgehead atoms. The van der Waals surface area contributed by atoms with E-state index in [9.17, 15) is 52.7 Å². The molecule has 8 heterocycles. The zero-order valence-electron chi connectivity index (χ0n) is 51.1. The molecule has 5 aromatic rings. The Morgan fingerprint density at radius 2 is 0.902 bits per heavy atom. The van der Waals surface area contributed by atoms with E-state index in [1.165, 1.54) is 5.56 Å². The van der Waals surface area contributed by atoms with Gasteiger partial charge in [-0.1, -0.05) is 115 Å². The van der Waals surface area contributed by atoms with Crippen LogP contribution in [0.25, 0.3) is 0 Å². The molecule has 8 aliphatic rings. The molecular weight excluding hydrogens is 1170 g/mol. The number of fused-ring (bicyclic) bond motifs is 4. The van der Waals surface area contributed by atoms with E-state index in [0.29, 0.717) is 134 Å². The van der Waals surface area contributed by atoms with Crippen molar-refractivity contribution in [3.8, 4) is 0 Å². The van der Waals surface area contributed by atoms with Crippen molar-refractivity contribution < 1.29 is 52.7 Å². The highest BCUT2D eigenvalue weighted by atomic mass is 16.2. The summed E-state index contributed by atoms with van der Waals surface area (Å²) in [5, 5.41) is 10.6. The number of anilines is 2. The molecule has 0 aliphatic carbocycles. The fourth-order valence-corrected chi connectivity index (χ4v) is 12.4. The summed E-state index contributed by atoms with van der Waals surface area (Å²) in [6, 6.07) is 28.3. The van der Waals surface area contributed by atoms with Gasteiger partial charge in [-0.15, -0.1) is 0 Å². The summed E-state index contributed by atoms with van der Waals surface area (Å²) >= 11 is 0. The van der Waals surface area contributed by atoms with E-state index in [0.717, 1.165) is 32.1 Å². The molecule has 21 heteroatoms. The average Bonchev–Trinajstić information content (AvgIpc) is 1.65. The first-order chi connectivity index (χ1) is 43.3. The zero-order chi connectivity index (χ0) is 65.3. The van der Waals surface area contributed by atoms with Crippen LogP contribution in [0.4, 0.5) is 11.4 Å². The molecule has 8 N–H and O–H groups in total. The van der Waals surface area contributed by atoms with Gasteiger partial charge in [0.2, 0.25) is 23.6 Å². The fraction of sp³-hybridized carbons (Fsp3) is 0.310. The molecule has 0 spiro atoms. The number of ketones is 1. The van der Waals surface area contributed by atoms with Gasteiger partial charge < -0.3 is 42.5 Å². The number of aryl methyl sites for hydroxylation is 1. The number of nitrogens with two attached hydrogens (primary N) is 2. The van der Waals surface area contributed by atoms with E-state index >= 15 is 0 Å². The summed E-state index contributed by atoms with van der Waals surface area (Å²) in [6.45, 7) is 22.3. The quantitative estimate of drug-likeness (QED) is 0.0606. The Morgan fingerprint density at radius 3 is 1.38 bits per heavy atom. The van der Waals surface area contributed by atoms with Crippen molar-refractivity contribution in [1.29, 1.82) is 0 Å². The topological polar surface area (TPSA) is 301 Å². The normalized spacial score (nSPS) is 20.6. The monoisotopic (exact) mass is 1240 g/mol. The predicted molar refractivity (Wildman–Crippen MR) is 345 cm³/mol. The molecule has 4 saturated heterocycles. The lowest BCUT2D eigenvalue weighted by Gasteiger charge is -2.30. The largest absolute Gasteiger partial charge is 0.398 e. The van der Waals surface area contributed by atoms with Crippen LogP contribution in [-0.4, -0.2) is 109 Å². The molecule has 0 radical (unpaired) electrons. The average molecular weight is 1250 g/mol. The van der Waals surface area contributed by atoms with Gasteiger partial charge >= 0.3 is 0 Å². The molecule has 13 rings (SSSR count). The first kappa shape index (κ1) is 65.9. The van der Waals surface area contributed by atoms with Gasteiger partial charge in [-0.2, -0.15) is 0 Å². The summed E-state index contributed by atoms with van der Waals surface area (Å²) in [6.07, 6.45) is 6.06. The van der Waals surface area contributed by atoms with E-state index in [1.807, 2.05) is 30.3 Å². The van der Waals surface area contributed by atoms with Gasteiger partial charge in [0.15, 0.2) is 0 Å². The summed E-state index contributed by atoms with van der Waals surface area (Å²) < 4.78 is 0. The molecule has 10 amide bonds. The highest BCUT2D eigenvalue weighted by Gasteiger charge is 2.46. The minimum absolute atomic E-state index is 0. The molecule has 0 saturated carbocycles. The Kier molecular flexibility index (Phi) is 19.2. The number of carbonyl (C=O) groups excluding carboxylic acids is 11. The van der Waals surface area contributed by atoms with Gasteiger partial charge in [0.1, 0.15) is 30.0 Å². The molecule has 21 nitrogen and oxygen atoms in total. The van der Waals surface area contributed by atoms with Gasteiger partial charge in [0.05, 0.1) is 22.3 Å². The third kappa shape index (κ3) is 13.5. The number of Topliss-reactive ketones (excluding diaryl/α,β-unsaturated/α-hetero) is 1. The number of benzene rings is 5. The smallest absolute Gasteiger partial charge is 0.264 e.